The van der Waals surface area contributed by atoms with E-state index >= 15 is 0 Å². The molecule has 2 aromatic rings. The smallest absolute Gasteiger partial charge is 0.207 e. The average Bonchev–Trinajstić information content (AvgIpc) is 2.73. The van der Waals surface area contributed by atoms with Crippen LogP contribution < -0.4 is 5.32 Å². The molecule has 2 rings (SSSR count). The number of imidazole rings is 1. The zero-order valence-corrected chi connectivity index (χ0v) is 13.0. The number of rotatable bonds is 5. The van der Waals surface area contributed by atoms with Crippen LogP contribution in [0, 0.1) is 18.6 Å². The van der Waals surface area contributed by atoms with Gasteiger partial charge in [0.15, 0.2) is 0 Å². The number of unbranched alkanes of at least 4 members (excludes halogenated alkanes) is 1. The van der Waals surface area contributed by atoms with Gasteiger partial charge in [-0.1, -0.05) is 13.3 Å². The summed E-state index contributed by atoms with van der Waals surface area (Å²) in [6, 6.07) is 2.22. The van der Waals surface area contributed by atoms with Gasteiger partial charge in [-0.3, -0.25) is 0 Å². The van der Waals surface area contributed by atoms with Gasteiger partial charge in [0.1, 0.15) is 11.6 Å². The molecule has 108 valence electrons. The van der Waals surface area contributed by atoms with Gasteiger partial charge in [-0.05, 0) is 35.3 Å². The van der Waals surface area contributed by atoms with Crippen LogP contribution >= 0.6 is 15.9 Å². The van der Waals surface area contributed by atoms with Gasteiger partial charge < -0.3 is 9.88 Å². The Morgan fingerprint density at radius 1 is 1.30 bits per heavy atom. The van der Waals surface area contributed by atoms with Crippen LogP contribution in [-0.4, -0.2) is 9.55 Å². The summed E-state index contributed by atoms with van der Waals surface area (Å²) in [5, 5.41) is 2.92. The molecule has 0 saturated carbocycles. The summed E-state index contributed by atoms with van der Waals surface area (Å²) < 4.78 is 29.1. The van der Waals surface area contributed by atoms with Crippen LogP contribution in [-0.2, 0) is 6.54 Å². The lowest BCUT2D eigenvalue weighted by atomic mass is 10.3. The molecule has 0 aliphatic rings. The summed E-state index contributed by atoms with van der Waals surface area (Å²) >= 11 is 3.05. The normalized spacial score (nSPS) is 10.8. The molecule has 0 radical (unpaired) electrons. The van der Waals surface area contributed by atoms with Crippen LogP contribution in [0.4, 0.5) is 20.4 Å². The Kier molecular flexibility index (Phi) is 4.75. The summed E-state index contributed by atoms with van der Waals surface area (Å²) in [6.07, 6.45) is 3.99. The standard InChI is InChI=1S/C14H16BrF2N3/c1-3-4-5-20-8-9(2)18-14(20)19-13-6-10(15)11(16)7-12(13)17/h6-8H,3-5H2,1-2H3,(H,18,19). The van der Waals surface area contributed by atoms with Crippen LogP contribution in [0.15, 0.2) is 22.8 Å². The molecule has 0 bridgehead atoms. The van der Waals surface area contributed by atoms with Crippen molar-refractivity contribution < 1.29 is 8.78 Å². The first-order valence-electron chi connectivity index (χ1n) is 6.46. The number of aryl methyl sites for hydroxylation is 2. The number of hydrogen-bond acceptors (Lipinski definition) is 2. The highest BCUT2D eigenvalue weighted by Gasteiger charge is 2.11. The molecule has 0 spiro atoms. The fourth-order valence-electron chi connectivity index (χ4n) is 1.88. The lowest BCUT2D eigenvalue weighted by Crippen LogP contribution is -2.04. The van der Waals surface area contributed by atoms with E-state index in [4.69, 9.17) is 0 Å². The molecular weight excluding hydrogens is 328 g/mol. The van der Waals surface area contributed by atoms with Crippen molar-refractivity contribution in [1.29, 1.82) is 0 Å². The van der Waals surface area contributed by atoms with Crippen LogP contribution in [0.25, 0.3) is 0 Å². The first kappa shape index (κ1) is 15.0. The van der Waals surface area contributed by atoms with Crippen molar-refractivity contribution in [3.8, 4) is 0 Å². The average molecular weight is 344 g/mol. The van der Waals surface area contributed by atoms with Crippen molar-refractivity contribution in [2.75, 3.05) is 5.32 Å². The van der Waals surface area contributed by atoms with E-state index in [1.165, 1.54) is 6.07 Å². The maximum absolute atomic E-state index is 13.7. The second-order valence-electron chi connectivity index (χ2n) is 4.62. The first-order valence-corrected chi connectivity index (χ1v) is 7.26. The third kappa shape index (κ3) is 3.36. The molecule has 20 heavy (non-hydrogen) atoms. The third-order valence-corrected chi connectivity index (χ3v) is 3.51. The van der Waals surface area contributed by atoms with Crippen molar-refractivity contribution in [3.05, 3.63) is 40.1 Å². The SMILES string of the molecule is CCCCn1cc(C)nc1Nc1cc(Br)c(F)cc1F. The minimum atomic E-state index is -0.645. The molecule has 0 fully saturated rings. The molecular formula is C14H16BrF2N3. The fourth-order valence-corrected chi connectivity index (χ4v) is 2.23. The zero-order valence-electron chi connectivity index (χ0n) is 11.4. The molecule has 0 amide bonds. The molecule has 1 N–H and O–H groups in total. The summed E-state index contributed by atoms with van der Waals surface area (Å²) in [5.74, 6) is -0.708. The van der Waals surface area contributed by atoms with Crippen molar-refractivity contribution in [2.24, 2.45) is 0 Å². The second-order valence-corrected chi connectivity index (χ2v) is 5.48. The van der Waals surface area contributed by atoms with Crippen LogP contribution in [0.1, 0.15) is 25.5 Å². The molecule has 0 unspecified atom stereocenters. The predicted molar refractivity (Wildman–Crippen MR) is 79.2 cm³/mol. The molecule has 1 aromatic carbocycles. The second kappa shape index (κ2) is 6.35. The predicted octanol–water partition coefficient (Wildman–Crippen LogP) is 4.78. The van der Waals surface area contributed by atoms with E-state index in [0.29, 0.717) is 5.95 Å². The van der Waals surface area contributed by atoms with Gasteiger partial charge in [0.2, 0.25) is 5.95 Å². The number of nitrogens with zero attached hydrogens (tertiary/aromatic N) is 2. The van der Waals surface area contributed by atoms with E-state index in [0.717, 1.165) is 31.1 Å². The van der Waals surface area contributed by atoms with Crippen molar-refractivity contribution >= 4 is 27.6 Å². The number of aromatic nitrogens is 2. The molecule has 0 aliphatic carbocycles. The van der Waals surface area contributed by atoms with Crippen molar-refractivity contribution in [1.82, 2.24) is 9.55 Å². The van der Waals surface area contributed by atoms with E-state index in [1.807, 2.05) is 17.7 Å². The highest BCUT2D eigenvalue weighted by molar-refractivity contribution is 9.10. The van der Waals surface area contributed by atoms with Gasteiger partial charge >= 0.3 is 0 Å². The largest absolute Gasteiger partial charge is 0.323 e. The number of nitrogens with one attached hydrogen (secondary N) is 1. The van der Waals surface area contributed by atoms with Crippen molar-refractivity contribution in [3.63, 3.8) is 0 Å². The Morgan fingerprint density at radius 2 is 2.05 bits per heavy atom. The van der Waals surface area contributed by atoms with Gasteiger partial charge in [-0.15, -0.1) is 0 Å². The first-order chi connectivity index (χ1) is 9.51. The van der Waals surface area contributed by atoms with Crippen LogP contribution in [0.3, 0.4) is 0 Å². The van der Waals surface area contributed by atoms with E-state index in [1.54, 1.807) is 0 Å². The van der Waals surface area contributed by atoms with E-state index in [9.17, 15) is 8.78 Å². The molecule has 3 nitrogen and oxygen atoms in total. The minimum Gasteiger partial charge on any atom is -0.323 e. The molecule has 1 aromatic heterocycles. The maximum atomic E-state index is 13.7. The quantitative estimate of drug-likeness (QED) is 0.792. The van der Waals surface area contributed by atoms with E-state index in [-0.39, 0.29) is 10.2 Å². The highest BCUT2D eigenvalue weighted by atomic mass is 79.9. The Labute approximate surface area is 125 Å². The Hall–Kier alpha value is -1.43. The van der Waals surface area contributed by atoms with Gasteiger partial charge in [0, 0.05) is 18.8 Å². The lowest BCUT2D eigenvalue weighted by molar-refractivity contribution is 0.581. The van der Waals surface area contributed by atoms with Crippen LogP contribution in [0.2, 0.25) is 0 Å². The number of halogens is 3. The topological polar surface area (TPSA) is 29.9 Å². The number of anilines is 2. The van der Waals surface area contributed by atoms with Crippen molar-refractivity contribution in [2.45, 2.75) is 33.2 Å². The number of hydrogen-bond donors (Lipinski definition) is 1. The third-order valence-electron chi connectivity index (χ3n) is 2.91. The van der Waals surface area contributed by atoms with Gasteiger partial charge in [-0.25, -0.2) is 13.8 Å². The minimum absolute atomic E-state index is 0.196. The number of benzene rings is 1. The Morgan fingerprint density at radius 3 is 2.75 bits per heavy atom. The van der Waals surface area contributed by atoms with E-state index in [2.05, 4.69) is 33.2 Å². The fraction of sp³-hybridized carbons (Fsp3) is 0.357. The molecule has 0 atom stereocenters. The van der Waals surface area contributed by atoms with E-state index < -0.39 is 11.6 Å². The Balaban J connectivity index is 2.27. The van der Waals surface area contributed by atoms with Gasteiger partial charge in [0.05, 0.1) is 15.9 Å². The summed E-state index contributed by atoms with van der Waals surface area (Å²) in [6.45, 7) is 4.79. The summed E-state index contributed by atoms with van der Waals surface area (Å²) in [7, 11) is 0. The zero-order chi connectivity index (χ0) is 14.7. The molecule has 0 aliphatic heterocycles. The summed E-state index contributed by atoms with van der Waals surface area (Å²) in [5.41, 5.74) is 1.05. The monoisotopic (exact) mass is 343 g/mol. The highest BCUT2D eigenvalue weighted by Crippen LogP contribution is 2.26. The molecule has 6 heteroatoms. The van der Waals surface area contributed by atoms with Gasteiger partial charge in [0.25, 0.3) is 0 Å². The van der Waals surface area contributed by atoms with Crippen LogP contribution in [0.5, 0.6) is 0 Å². The molecule has 1 heterocycles. The molecule has 0 saturated heterocycles. The maximum Gasteiger partial charge on any atom is 0.207 e. The Bertz CT molecular complexity index is 611. The van der Waals surface area contributed by atoms with Gasteiger partial charge in [-0.2, -0.15) is 0 Å². The lowest BCUT2D eigenvalue weighted by Gasteiger charge is -2.10. The summed E-state index contributed by atoms with van der Waals surface area (Å²) in [4.78, 5) is 4.33.